The van der Waals surface area contributed by atoms with Crippen molar-refractivity contribution in [1.29, 1.82) is 0 Å². The number of anilines is 1. The Kier molecular flexibility index (Phi) is 8.75. The maximum atomic E-state index is 13.3. The minimum Gasteiger partial charge on any atom is -0.491 e. The molecule has 1 aromatic heterocycles. The van der Waals surface area contributed by atoms with Crippen LogP contribution >= 0.6 is 0 Å². The summed E-state index contributed by atoms with van der Waals surface area (Å²) in [6.07, 6.45) is 0.321. The molecule has 0 saturated heterocycles. The number of ether oxygens (including phenoxy) is 4. The van der Waals surface area contributed by atoms with E-state index in [1.165, 1.54) is 10.6 Å². The highest BCUT2D eigenvalue weighted by molar-refractivity contribution is 6.17. The normalized spacial score (nSPS) is 11.7. The average Bonchev–Trinajstić information content (AvgIpc) is 3.12. The van der Waals surface area contributed by atoms with Crippen molar-refractivity contribution in [2.24, 2.45) is 0 Å². The summed E-state index contributed by atoms with van der Waals surface area (Å²) in [6, 6.07) is 8.47. The number of carbonyl (C=O) groups excluding carboxylic acids is 1. The molecule has 0 bridgehead atoms. The van der Waals surface area contributed by atoms with Gasteiger partial charge in [0.2, 0.25) is 0 Å². The Morgan fingerprint density at radius 3 is 2.28 bits per heavy atom. The third-order valence-electron chi connectivity index (χ3n) is 5.31. The number of non-ortho nitro benzene ring substituents is 1. The fraction of sp³-hybridized carbons (Fsp3) is 0.500. The van der Waals surface area contributed by atoms with Crippen LogP contribution in [0.3, 0.4) is 0 Å². The first-order chi connectivity index (χ1) is 17.0. The van der Waals surface area contributed by atoms with Gasteiger partial charge in [-0.15, -0.1) is 0 Å². The van der Waals surface area contributed by atoms with Crippen LogP contribution in [0.4, 0.5) is 16.2 Å². The smallest absolute Gasteiger partial charge is 0.419 e. The SMILES string of the molecule is CCCOCCOCCOc1cc([N+](=O)[O-])c2c3ccc(N(C)C)cc3n(C(=O)OC(C)(C)C)c2c1. The highest BCUT2D eigenvalue weighted by Gasteiger charge is 2.27. The largest absolute Gasteiger partial charge is 0.491 e. The van der Waals surface area contributed by atoms with Crippen molar-refractivity contribution in [2.45, 2.75) is 39.7 Å². The molecule has 3 aromatic rings. The van der Waals surface area contributed by atoms with Crippen molar-refractivity contribution in [3.63, 3.8) is 0 Å². The van der Waals surface area contributed by atoms with Crippen molar-refractivity contribution in [3.8, 4) is 5.75 Å². The van der Waals surface area contributed by atoms with Crippen LogP contribution < -0.4 is 9.64 Å². The molecule has 0 N–H and O–H groups in total. The maximum absolute atomic E-state index is 13.3. The number of hydrogen-bond acceptors (Lipinski definition) is 8. The van der Waals surface area contributed by atoms with Gasteiger partial charge in [0.25, 0.3) is 5.69 Å². The lowest BCUT2D eigenvalue weighted by Gasteiger charge is -2.20. The molecule has 0 aliphatic heterocycles. The van der Waals surface area contributed by atoms with Crippen LogP contribution in [0.2, 0.25) is 0 Å². The molecule has 0 aliphatic rings. The molecule has 0 aliphatic carbocycles. The lowest BCUT2D eigenvalue weighted by molar-refractivity contribution is -0.383. The molecule has 0 amide bonds. The van der Waals surface area contributed by atoms with Crippen LogP contribution in [0.5, 0.6) is 5.75 Å². The molecular formula is C26H35N3O7. The third kappa shape index (κ3) is 6.44. The van der Waals surface area contributed by atoms with Crippen LogP contribution in [0.1, 0.15) is 34.1 Å². The fourth-order valence-electron chi connectivity index (χ4n) is 3.78. The van der Waals surface area contributed by atoms with Gasteiger partial charge in [-0.1, -0.05) is 6.92 Å². The molecule has 3 rings (SSSR count). The summed E-state index contributed by atoms with van der Waals surface area (Å²) in [4.78, 5) is 26.8. The lowest BCUT2D eigenvalue weighted by atomic mass is 10.1. The predicted octanol–water partition coefficient (Wildman–Crippen LogP) is 5.37. The summed E-state index contributed by atoms with van der Waals surface area (Å²) in [5, 5.41) is 13.0. The number of hydrogen-bond donors (Lipinski definition) is 0. The number of benzene rings is 2. The molecule has 196 valence electrons. The summed E-state index contributed by atoms with van der Waals surface area (Å²) in [7, 11) is 3.77. The lowest BCUT2D eigenvalue weighted by Crippen LogP contribution is -2.27. The first kappa shape index (κ1) is 27.2. The number of aromatic nitrogens is 1. The zero-order valence-corrected chi connectivity index (χ0v) is 21.8. The number of nitro groups is 1. The van der Waals surface area contributed by atoms with Gasteiger partial charge in [-0.05, 0) is 45.4 Å². The number of carbonyl (C=O) groups is 1. The second kappa shape index (κ2) is 11.6. The highest BCUT2D eigenvalue weighted by atomic mass is 16.6. The van der Waals surface area contributed by atoms with Gasteiger partial charge in [-0.25, -0.2) is 9.36 Å². The Morgan fingerprint density at radius 1 is 1.00 bits per heavy atom. The van der Waals surface area contributed by atoms with Crippen LogP contribution in [0.25, 0.3) is 21.8 Å². The fourth-order valence-corrected chi connectivity index (χ4v) is 3.78. The first-order valence-electron chi connectivity index (χ1n) is 12.0. The summed E-state index contributed by atoms with van der Waals surface area (Å²) in [5.41, 5.74) is 0.794. The van der Waals surface area contributed by atoms with E-state index >= 15 is 0 Å². The first-order valence-corrected chi connectivity index (χ1v) is 12.0. The third-order valence-corrected chi connectivity index (χ3v) is 5.31. The van der Waals surface area contributed by atoms with E-state index in [4.69, 9.17) is 18.9 Å². The van der Waals surface area contributed by atoms with Crippen LogP contribution in [0.15, 0.2) is 30.3 Å². The molecule has 1 heterocycles. The van der Waals surface area contributed by atoms with Crippen LogP contribution in [0, 0.1) is 10.1 Å². The second-order valence-corrected chi connectivity index (χ2v) is 9.58. The number of fused-ring (bicyclic) bond motifs is 3. The molecule has 10 heteroatoms. The molecule has 0 spiro atoms. The van der Waals surface area contributed by atoms with Crippen molar-refractivity contribution in [2.75, 3.05) is 52.0 Å². The van der Waals surface area contributed by atoms with Crippen LogP contribution in [-0.4, -0.2) is 68.3 Å². The standard InChI is InChI=1S/C26H35N3O7/c1-7-10-33-11-12-34-13-14-35-19-16-22-24(23(17-19)29(31)32)20-9-8-18(27(5)6)15-21(20)28(22)25(30)36-26(2,3)4/h8-9,15-17H,7,10-14H2,1-6H3. The Hall–Kier alpha value is -3.37. The summed E-state index contributed by atoms with van der Waals surface area (Å²) in [5.74, 6) is 0.264. The van der Waals surface area contributed by atoms with Gasteiger partial charge in [0.1, 0.15) is 18.0 Å². The van der Waals surface area contributed by atoms with E-state index in [9.17, 15) is 14.9 Å². The number of rotatable bonds is 11. The molecule has 0 atom stereocenters. The topological polar surface area (TPSA) is 105 Å². The van der Waals surface area contributed by atoms with E-state index in [-0.39, 0.29) is 18.0 Å². The minimum atomic E-state index is -0.753. The van der Waals surface area contributed by atoms with Gasteiger partial charge in [0, 0.05) is 37.8 Å². The van der Waals surface area contributed by atoms with E-state index in [2.05, 4.69) is 0 Å². The zero-order chi connectivity index (χ0) is 26.5. The second-order valence-electron chi connectivity index (χ2n) is 9.58. The van der Waals surface area contributed by atoms with Crippen molar-refractivity contribution < 1.29 is 28.7 Å². The van der Waals surface area contributed by atoms with E-state index in [0.29, 0.717) is 48.2 Å². The van der Waals surface area contributed by atoms with Gasteiger partial charge in [-0.3, -0.25) is 10.1 Å². The van der Waals surface area contributed by atoms with E-state index in [1.54, 1.807) is 32.9 Å². The van der Waals surface area contributed by atoms with Crippen molar-refractivity contribution in [3.05, 3.63) is 40.4 Å². The summed E-state index contributed by atoms with van der Waals surface area (Å²) < 4.78 is 23.7. The molecule has 0 unspecified atom stereocenters. The van der Waals surface area contributed by atoms with Gasteiger partial charge in [-0.2, -0.15) is 0 Å². The highest BCUT2D eigenvalue weighted by Crippen LogP contribution is 2.40. The van der Waals surface area contributed by atoms with Crippen molar-refractivity contribution in [1.82, 2.24) is 4.57 Å². The van der Waals surface area contributed by atoms with Gasteiger partial charge in [0.05, 0.1) is 47.2 Å². The summed E-state index contributed by atoms with van der Waals surface area (Å²) in [6.45, 7) is 9.45. The molecular weight excluding hydrogens is 466 g/mol. The number of nitrogens with zero attached hydrogens (tertiary/aromatic N) is 3. The van der Waals surface area contributed by atoms with Gasteiger partial charge >= 0.3 is 6.09 Å². The minimum absolute atomic E-state index is 0.152. The molecule has 0 fully saturated rings. The Balaban J connectivity index is 2.03. The zero-order valence-electron chi connectivity index (χ0n) is 21.8. The predicted molar refractivity (Wildman–Crippen MR) is 139 cm³/mol. The van der Waals surface area contributed by atoms with E-state index < -0.39 is 16.6 Å². The molecule has 2 aromatic carbocycles. The molecule has 0 radical (unpaired) electrons. The van der Waals surface area contributed by atoms with E-state index in [1.807, 2.05) is 38.1 Å². The quantitative estimate of drug-likeness (QED) is 0.196. The molecule has 0 saturated carbocycles. The van der Waals surface area contributed by atoms with Crippen LogP contribution in [-0.2, 0) is 14.2 Å². The Morgan fingerprint density at radius 2 is 1.67 bits per heavy atom. The van der Waals surface area contributed by atoms with E-state index in [0.717, 1.165) is 12.1 Å². The monoisotopic (exact) mass is 501 g/mol. The Labute approximate surface area is 210 Å². The Bertz CT molecular complexity index is 1230. The van der Waals surface area contributed by atoms with Gasteiger partial charge in [0.15, 0.2) is 0 Å². The average molecular weight is 502 g/mol. The number of nitro benzene ring substituents is 1. The summed E-state index contributed by atoms with van der Waals surface area (Å²) >= 11 is 0. The molecule has 36 heavy (non-hydrogen) atoms. The van der Waals surface area contributed by atoms with Crippen molar-refractivity contribution >= 4 is 39.3 Å². The molecule has 10 nitrogen and oxygen atoms in total. The van der Waals surface area contributed by atoms with Gasteiger partial charge < -0.3 is 23.8 Å². The maximum Gasteiger partial charge on any atom is 0.419 e.